The average molecular weight is 254 g/mol. The van der Waals surface area contributed by atoms with Crippen LogP contribution in [0.4, 0.5) is 0 Å². The Morgan fingerprint density at radius 3 is 2.17 bits per heavy atom. The molecule has 0 radical (unpaired) electrons. The van der Waals surface area contributed by atoms with Crippen LogP contribution in [0.3, 0.4) is 0 Å². The van der Waals surface area contributed by atoms with Gasteiger partial charge in [-0.3, -0.25) is 0 Å². The summed E-state index contributed by atoms with van der Waals surface area (Å²) in [5, 5.41) is 0. The number of likely N-dealkylation sites (tertiary alicyclic amines) is 2. The molecule has 3 nitrogen and oxygen atoms in total. The quantitative estimate of drug-likeness (QED) is 0.647. The summed E-state index contributed by atoms with van der Waals surface area (Å²) in [5.41, 5.74) is 0. The lowest BCUT2D eigenvalue weighted by atomic mass is 9.94. The normalized spacial score (nSPS) is 24.3. The molecule has 0 amide bonds. The molecule has 0 saturated carbocycles. The van der Waals surface area contributed by atoms with Gasteiger partial charge in [0.25, 0.3) is 0 Å². The third-order valence-corrected chi connectivity index (χ3v) is 4.53. The predicted molar refractivity (Wildman–Crippen MR) is 75.9 cm³/mol. The Morgan fingerprint density at radius 1 is 1.00 bits per heavy atom. The first kappa shape index (κ1) is 14.3. The van der Waals surface area contributed by atoms with Crippen LogP contribution in [0.5, 0.6) is 0 Å². The van der Waals surface area contributed by atoms with Gasteiger partial charge in [-0.1, -0.05) is 20.3 Å². The van der Waals surface area contributed by atoms with Crippen molar-refractivity contribution >= 4 is 0 Å². The average Bonchev–Trinajstić information content (AvgIpc) is 2.37. The van der Waals surface area contributed by atoms with Gasteiger partial charge in [-0.2, -0.15) is 0 Å². The number of rotatable bonds is 7. The maximum absolute atomic E-state index is 5.75. The Bertz CT molecular complexity index is 221. The van der Waals surface area contributed by atoms with E-state index < -0.39 is 0 Å². The van der Waals surface area contributed by atoms with Crippen LogP contribution in [-0.2, 0) is 4.74 Å². The minimum Gasteiger partial charge on any atom is -0.379 e. The molecule has 0 atom stereocenters. The van der Waals surface area contributed by atoms with E-state index in [2.05, 4.69) is 23.6 Å². The molecule has 18 heavy (non-hydrogen) atoms. The Labute approximate surface area is 112 Å². The lowest BCUT2D eigenvalue weighted by molar-refractivity contribution is 0.0418. The van der Waals surface area contributed by atoms with Crippen molar-refractivity contribution in [3.63, 3.8) is 0 Å². The van der Waals surface area contributed by atoms with Crippen LogP contribution in [0, 0.1) is 11.8 Å². The molecule has 0 bridgehead atoms. The van der Waals surface area contributed by atoms with Gasteiger partial charge >= 0.3 is 0 Å². The van der Waals surface area contributed by atoms with Crippen LogP contribution in [-0.4, -0.2) is 62.3 Å². The topological polar surface area (TPSA) is 15.7 Å². The van der Waals surface area contributed by atoms with E-state index in [-0.39, 0.29) is 0 Å². The predicted octanol–water partition coefficient (Wildman–Crippen LogP) is 2.08. The molecular formula is C15H30N2O. The summed E-state index contributed by atoms with van der Waals surface area (Å²) in [7, 11) is 0. The van der Waals surface area contributed by atoms with Gasteiger partial charge in [0.1, 0.15) is 0 Å². The van der Waals surface area contributed by atoms with Crippen LogP contribution in [0.15, 0.2) is 0 Å². The van der Waals surface area contributed by atoms with E-state index in [1.807, 2.05) is 0 Å². The van der Waals surface area contributed by atoms with Gasteiger partial charge in [0, 0.05) is 26.2 Å². The Kier molecular flexibility index (Phi) is 5.93. The van der Waals surface area contributed by atoms with Gasteiger partial charge in [-0.05, 0) is 37.8 Å². The molecule has 2 aliphatic heterocycles. The third kappa shape index (κ3) is 4.52. The van der Waals surface area contributed by atoms with Gasteiger partial charge in [0.15, 0.2) is 0 Å². The van der Waals surface area contributed by atoms with E-state index in [0.717, 1.165) is 38.1 Å². The molecule has 0 aromatic rings. The molecule has 106 valence electrons. The largest absolute Gasteiger partial charge is 0.379 e. The highest BCUT2D eigenvalue weighted by molar-refractivity contribution is 4.75. The molecule has 2 heterocycles. The summed E-state index contributed by atoms with van der Waals surface area (Å²) >= 11 is 0. The Balaban J connectivity index is 1.41. The zero-order chi connectivity index (χ0) is 12.8. The van der Waals surface area contributed by atoms with Crippen molar-refractivity contribution in [2.45, 2.75) is 33.1 Å². The molecule has 3 heteroatoms. The zero-order valence-corrected chi connectivity index (χ0v) is 12.2. The second kappa shape index (κ2) is 7.46. The second-order valence-corrected chi connectivity index (χ2v) is 6.17. The molecular weight excluding hydrogens is 224 g/mol. The summed E-state index contributed by atoms with van der Waals surface area (Å²) in [4.78, 5) is 5.05. The third-order valence-electron chi connectivity index (χ3n) is 4.53. The summed E-state index contributed by atoms with van der Waals surface area (Å²) in [6.45, 7) is 13.8. The van der Waals surface area contributed by atoms with Crippen molar-refractivity contribution in [1.82, 2.24) is 9.80 Å². The number of piperidine rings is 1. The SMILES string of the molecule is CCC1CCN(CCOCCN2CC(C)C2)CC1. The van der Waals surface area contributed by atoms with Crippen molar-refractivity contribution in [2.24, 2.45) is 11.8 Å². The zero-order valence-electron chi connectivity index (χ0n) is 12.2. The Morgan fingerprint density at radius 2 is 1.61 bits per heavy atom. The summed E-state index contributed by atoms with van der Waals surface area (Å²) in [5.74, 6) is 1.89. The van der Waals surface area contributed by atoms with Crippen molar-refractivity contribution in [1.29, 1.82) is 0 Å². The lowest BCUT2D eigenvalue weighted by Gasteiger charge is -2.37. The molecule has 0 spiro atoms. The van der Waals surface area contributed by atoms with Crippen molar-refractivity contribution in [2.75, 3.05) is 52.5 Å². The maximum atomic E-state index is 5.75. The fourth-order valence-electron chi connectivity index (χ4n) is 3.12. The van der Waals surface area contributed by atoms with E-state index >= 15 is 0 Å². The van der Waals surface area contributed by atoms with Gasteiger partial charge in [0.05, 0.1) is 13.2 Å². The molecule has 2 fully saturated rings. The van der Waals surface area contributed by atoms with E-state index in [4.69, 9.17) is 4.74 Å². The fraction of sp³-hybridized carbons (Fsp3) is 1.00. The van der Waals surface area contributed by atoms with Crippen molar-refractivity contribution in [3.8, 4) is 0 Å². The maximum Gasteiger partial charge on any atom is 0.0594 e. The highest BCUT2D eigenvalue weighted by atomic mass is 16.5. The summed E-state index contributed by atoms with van der Waals surface area (Å²) in [6.07, 6.45) is 4.14. The number of nitrogens with zero attached hydrogens (tertiary/aromatic N) is 2. The van der Waals surface area contributed by atoms with Crippen LogP contribution in [0.1, 0.15) is 33.1 Å². The minimum absolute atomic E-state index is 0.907. The van der Waals surface area contributed by atoms with Crippen molar-refractivity contribution in [3.05, 3.63) is 0 Å². The van der Waals surface area contributed by atoms with Gasteiger partial charge in [-0.25, -0.2) is 0 Å². The molecule has 2 rings (SSSR count). The Hall–Kier alpha value is -0.120. The highest BCUT2D eigenvalue weighted by Gasteiger charge is 2.21. The van der Waals surface area contributed by atoms with Crippen LogP contribution in [0.2, 0.25) is 0 Å². The number of ether oxygens (including phenoxy) is 1. The minimum atomic E-state index is 0.907. The van der Waals surface area contributed by atoms with Gasteiger partial charge in [-0.15, -0.1) is 0 Å². The lowest BCUT2D eigenvalue weighted by Crippen LogP contribution is -2.46. The molecule has 0 aromatic carbocycles. The second-order valence-electron chi connectivity index (χ2n) is 6.17. The van der Waals surface area contributed by atoms with Crippen LogP contribution in [0.25, 0.3) is 0 Å². The summed E-state index contributed by atoms with van der Waals surface area (Å²) in [6, 6.07) is 0. The van der Waals surface area contributed by atoms with Crippen molar-refractivity contribution < 1.29 is 4.74 Å². The van der Waals surface area contributed by atoms with Crippen LogP contribution >= 0.6 is 0 Å². The van der Waals surface area contributed by atoms with E-state index in [1.54, 1.807) is 0 Å². The van der Waals surface area contributed by atoms with Crippen LogP contribution < -0.4 is 0 Å². The smallest absolute Gasteiger partial charge is 0.0594 e. The van der Waals surface area contributed by atoms with E-state index in [9.17, 15) is 0 Å². The molecule has 0 N–H and O–H groups in total. The first-order valence-corrected chi connectivity index (χ1v) is 7.80. The number of hydrogen-bond donors (Lipinski definition) is 0. The fourth-order valence-corrected chi connectivity index (χ4v) is 3.12. The highest BCUT2D eigenvalue weighted by Crippen LogP contribution is 2.19. The number of hydrogen-bond acceptors (Lipinski definition) is 3. The van der Waals surface area contributed by atoms with E-state index in [0.29, 0.717) is 0 Å². The first-order chi connectivity index (χ1) is 8.78. The monoisotopic (exact) mass is 254 g/mol. The van der Waals surface area contributed by atoms with Gasteiger partial charge in [0.2, 0.25) is 0 Å². The van der Waals surface area contributed by atoms with Gasteiger partial charge < -0.3 is 14.5 Å². The molecule has 0 aliphatic carbocycles. The molecule has 2 saturated heterocycles. The molecule has 0 unspecified atom stereocenters. The van der Waals surface area contributed by atoms with E-state index in [1.165, 1.54) is 45.4 Å². The standard InChI is InChI=1S/C15H30N2O/c1-3-15-4-6-16(7-5-15)8-10-18-11-9-17-12-14(2)13-17/h14-15H,3-13H2,1-2H3. The first-order valence-electron chi connectivity index (χ1n) is 7.80. The molecule has 0 aromatic heterocycles. The summed E-state index contributed by atoms with van der Waals surface area (Å²) < 4.78 is 5.75. The molecule has 2 aliphatic rings.